The molecular formula is C27H25N5O3S. The molecule has 0 bridgehead atoms. The van der Waals surface area contributed by atoms with E-state index in [0.717, 1.165) is 21.3 Å². The van der Waals surface area contributed by atoms with E-state index in [1.165, 1.54) is 17.5 Å². The number of aromatic nitrogens is 1. The highest BCUT2D eigenvalue weighted by Crippen LogP contribution is 2.30. The third kappa shape index (κ3) is 4.78. The summed E-state index contributed by atoms with van der Waals surface area (Å²) in [5.74, 6) is -0.228. The largest absolute Gasteiger partial charge is 0.347 e. The number of rotatable bonds is 6. The maximum absolute atomic E-state index is 13.3. The molecule has 1 saturated heterocycles. The van der Waals surface area contributed by atoms with Crippen LogP contribution in [0, 0.1) is 6.92 Å². The van der Waals surface area contributed by atoms with Crippen LogP contribution in [0.15, 0.2) is 66.2 Å². The number of likely N-dealkylation sites (N-methyl/N-ethyl adjacent to an activating group) is 1. The predicted molar refractivity (Wildman–Crippen MR) is 142 cm³/mol. The molecule has 2 aromatic heterocycles. The van der Waals surface area contributed by atoms with Crippen molar-refractivity contribution in [3.05, 3.63) is 82.9 Å². The zero-order valence-corrected chi connectivity index (χ0v) is 20.7. The Morgan fingerprint density at radius 2 is 1.83 bits per heavy atom. The Bertz CT molecular complexity index is 1480. The molecule has 9 heteroatoms. The average molecular weight is 500 g/mol. The summed E-state index contributed by atoms with van der Waals surface area (Å²) in [6.45, 7) is 2.43. The molecule has 8 nitrogen and oxygen atoms in total. The third-order valence-corrected chi connectivity index (χ3v) is 7.16. The van der Waals surface area contributed by atoms with Gasteiger partial charge in [0.1, 0.15) is 0 Å². The molecule has 1 aliphatic rings. The molecule has 5 rings (SSSR count). The van der Waals surface area contributed by atoms with E-state index in [0.29, 0.717) is 23.6 Å². The van der Waals surface area contributed by atoms with Crippen molar-refractivity contribution in [1.82, 2.24) is 15.2 Å². The fourth-order valence-electron chi connectivity index (χ4n) is 4.20. The summed E-state index contributed by atoms with van der Waals surface area (Å²) in [7, 11) is 1.71. The first-order valence-corrected chi connectivity index (χ1v) is 12.4. The molecular weight excluding hydrogens is 474 g/mol. The summed E-state index contributed by atoms with van der Waals surface area (Å²) < 4.78 is 1.02. The summed E-state index contributed by atoms with van der Waals surface area (Å²) in [4.78, 5) is 44.2. The molecule has 36 heavy (non-hydrogen) atoms. The number of carbonyl (C=O) groups excluding carboxylic acids is 3. The second kappa shape index (κ2) is 9.79. The normalized spacial score (nSPS) is 15.2. The van der Waals surface area contributed by atoms with Gasteiger partial charge in [0.2, 0.25) is 5.91 Å². The molecule has 3 heterocycles. The average Bonchev–Trinajstić information content (AvgIpc) is 3.44. The fourth-order valence-corrected chi connectivity index (χ4v) is 5.14. The van der Waals surface area contributed by atoms with E-state index in [2.05, 4.69) is 20.9 Å². The molecule has 0 spiro atoms. The topological polar surface area (TPSA) is 103 Å². The van der Waals surface area contributed by atoms with Crippen LogP contribution in [0.5, 0.6) is 0 Å². The second-order valence-electron chi connectivity index (χ2n) is 8.81. The van der Waals surface area contributed by atoms with E-state index in [1.54, 1.807) is 18.0 Å². The predicted octanol–water partition coefficient (Wildman–Crippen LogP) is 4.56. The first-order chi connectivity index (χ1) is 17.4. The van der Waals surface area contributed by atoms with E-state index in [-0.39, 0.29) is 35.7 Å². The minimum Gasteiger partial charge on any atom is -0.347 e. The summed E-state index contributed by atoms with van der Waals surface area (Å²) >= 11 is 1.50. The number of nitrogens with one attached hydrogen (secondary N) is 3. The minimum atomic E-state index is -0.352. The number of benzene rings is 2. The number of likely N-dealkylation sites (tertiary alicyclic amines) is 1. The molecule has 1 fully saturated rings. The van der Waals surface area contributed by atoms with Crippen molar-refractivity contribution in [2.24, 2.45) is 0 Å². The van der Waals surface area contributed by atoms with Crippen molar-refractivity contribution in [1.29, 1.82) is 0 Å². The van der Waals surface area contributed by atoms with Crippen molar-refractivity contribution in [3.8, 4) is 0 Å². The van der Waals surface area contributed by atoms with Crippen LogP contribution in [-0.4, -0.2) is 47.2 Å². The van der Waals surface area contributed by atoms with Gasteiger partial charge < -0.3 is 20.9 Å². The Balaban J connectivity index is 1.45. The first-order valence-electron chi connectivity index (χ1n) is 11.5. The molecule has 3 amide bonds. The number of amides is 3. The van der Waals surface area contributed by atoms with Gasteiger partial charge in [-0.3, -0.25) is 14.4 Å². The van der Waals surface area contributed by atoms with Gasteiger partial charge in [-0.05, 0) is 30.7 Å². The lowest BCUT2D eigenvalue weighted by molar-refractivity contribution is -0.126. The van der Waals surface area contributed by atoms with E-state index < -0.39 is 0 Å². The number of hydrogen-bond acceptors (Lipinski definition) is 6. The summed E-state index contributed by atoms with van der Waals surface area (Å²) in [6, 6.07) is 16.8. The Morgan fingerprint density at radius 1 is 1.06 bits per heavy atom. The van der Waals surface area contributed by atoms with Gasteiger partial charge in [-0.2, -0.15) is 0 Å². The van der Waals surface area contributed by atoms with Crippen LogP contribution in [0.3, 0.4) is 0 Å². The monoisotopic (exact) mass is 499 g/mol. The van der Waals surface area contributed by atoms with Gasteiger partial charge in [0.25, 0.3) is 11.8 Å². The molecule has 1 unspecified atom stereocenters. The van der Waals surface area contributed by atoms with Gasteiger partial charge in [0.05, 0.1) is 22.9 Å². The molecule has 1 atom stereocenters. The van der Waals surface area contributed by atoms with Crippen molar-refractivity contribution >= 4 is 56.3 Å². The Morgan fingerprint density at radius 3 is 2.61 bits per heavy atom. The number of aryl methyl sites for hydroxylation is 1. The lowest BCUT2D eigenvalue weighted by Gasteiger charge is -2.16. The van der Waals surface area contributed by atoms with E-state index in [9.17, 15) is 14.4 Å². The Kier molecular flexibility index (Phi) is 6.39. The van der Waals surface area contributed by atoms with Crippen molar-refractivity contribution in [2.45, 2.75) is 19.4 Å². The first kappa shape index (κ1) is 23.5. The standard InChI is InChI=1S/C27H25N5O3S/c1-16-7-3-5-9-21(16)30-25-22(31-27(35)20-15-36-23-10-6-4-8-19(20)23)11-17(13-28-25)26(34)29-18-12-24(33)32(2)14-18/h3-11,13,15,18H,12,14H2,1-2H3,(H,28,30)(H,29,34)(H,31,35). The summed E-state index contributed by atoms with van der Waals surface area (Å²) in [6.07, 6.45) is 1.73. The van der Waals surface area contributed by atoms with Crippen LogP contribution in [0.4, 0.5) is 17.2 Å². The van der Waals surface area contributed by atoms with Gasteiger partial charge in [0.15, 0.2) is 5.82 Å². The number of thiophene rings is 1. The van der Waals surface area contributed by atoms with Crippen LogP contribution >= 0.6 is 11.3 Å². The van der Waals surface area contributed by atoms with Crippen molar-refractivity contribution in [2.75, 3.05) is 24.2 Å². The SMILES string of the molecule is Cc1ccccc1Nc1ncc(C(=O)NC2CC(=O)N(C)C2)cc1NC(=O)c1csc2ccccc12. The summed E-state index contributed by atoms with van der Waals surface area (Å²) in [5.41, 5.74) is 3.08. The van der Waals surface area contributed by atoms with Gasteiger partial charge in [0, 0.05) is 47.4 Å². The fraction of sp³-hybridized carbons (Fsp3) is 0.185. The molecule has 4 aromatic rings. The molecule has 2 aromatic carbocycles. The number of hydrogen-bond donors (Lipinski definition) is 3. The lowest BCUT2D eigenvalue weighted by Crippen LogP contribution is -2.36. The van der Waals surface area contributed by atoms with Gasteiger partial charge in [-0.1, -0.05) is 36.4 Å². The van der Waals surface area contributed by atoms with Crippen molar-refractivity contribution in [3.63, 3.8) is 0 Å². The van der Waals surface area contributed by atoms with Gasteiger partial charge in [-0.25, -0.2) is 4.98 Å². The van der Waals surface area contributed by atoms with Gasteiger partial charge >= 0.3 is 0 Å². The number of pyridine rings is 1. The van der Waals surface area contributed by atoms with Crippen LogP contribution < -0.4 is 16.0 Å². The van der Waals surface area contributed by atoms with Crippen LogP contribution in [-0.2, 0) is 4.79 Å². The number of para-hydroxylation sites is 1. The lowest BCUT2D eigenvalue weighted by atomic mass is 10.1. The molecule has 3 N–H and O–H groups in total. The number of carbonyl (C=O) groups is 3. The van der Waals surface area contributed by atoms with Crippen LogP contribution in [0.2, 0.25) is 0 Å². The van der Waals surface area contributed by atoms with Crippen LogP contribution in [0.25, 0.3) is 10.1 Å². The van der Waals surface area contributed by atoms with E-state index in [1.807, 2.05) is 60.8 Å². The molecule has 1 aliphatic heterocycles. The molecule has 0 aliphatic carbocycles. The third-order valence-electron chi connectivity index (χ3n) is 6.20. The zero-order chi connectivity index (χ0) is 25.2. The van der Waals surface area contributed by atoms with Crippen molar-refractivity contribution < 1.29 is 14.4 Å². The number of anilines is 3. The highest BCUT2D eigenvalue weighted by atomic mass is 32.1. The quantitative estimate of drug-likeness (QED) is 0.361. The maximum Gasteiger partial charge on any atom is 0.257 e. The zero-order valence-electron chi connectivity index (χ0n) is 19.9. The van der Waals surface area contributed by atoms with Crippen LogP contribution in [0.1, 0.15) is 32.7 Å². The van der Waals surface area contributed by atoms with Gasteiger partial charge in [-0.15, -0.1) is 11.3 Å². The molecule has 0 radical (unpaired) electrons. The Hall–Kier alpha value is -4.24. The molecule has 182 valence electrons. The molecule has 0 saturated carbocycles. The smallest absolute Gasteiger partial charge is 0.257 e. The highest BCUT2D eigenvalue weighted by Gasteiger charge is 2.28. The second-order valence-corrected chi connectivity index (χ2v) is 9.72. The Labute approximate surface area is 212 Å². The highest BCUT2D eigenvalue weighted by molar-refractivity contribution is 7.17. The minimum absolute atomic E-state index is 0.00727. The number of fused-ring (bicyclic) bond motifs is 1. The van der Waals surface area contributed by atoms with E-state index in [4.69, 9.17) is 0 Å². The van der Waals surface area contributed by atoms with E-state index >= 15 is 0 Å². The maximum atomic E-state index is 13.3. The summed E-state index contributed by atoms with van der Waals surface area (Å²) in [5, 5.41) is 11.8. The number of nitrogens with zero attached hydrogens (tertiary/aromatic N) is 2.